The first-order valence-electron chi connectivity index (χ1n) is 6.93. The molecule has 0 saturated heterocycles. The Morgan fingerprint density at radius 1 is 1.35 bits per heavy atom. The Labute approximate surface area is 118 Å². The van der Waals surface area contributed by atoms with Crippen molar-refractivity contribution in [2.24, 2.45) is 11.7 Å². The minimum absolute atomic E-state index is 0.0340. The van der Waals surface area contributed by atoms with Crippen molar-refractivity contribution in [1.82, 2.24) is 0 Å². The molecule has 0 aliphatic heterocycles. The fourth-order valence-corrected chi connectivity index (χ4v) is 2.66. The van der Waals surface area contributed by atoms with E-state index in [-0.39, 0.29) is 11.7 Å². The zero-order valence-corrected chi connectivity index (χ0v) is 11.7. The number of rotatable bonds is 5. The van der Waals surface area contributed by atoms with Crippen molar-refractivity contribution < 1.29 is 19.4 Å². The molecule has 1 aromatic rings. The largest absolute Gasteiger partial charge is 0.493 e. The number of hydrogen-bond acceptors (Lipinski definition) is 4. The summed E-state index contributed by atoms with van der Waals surface area (Å²) in [5.41, 5.74) is 5.99. The lowest BCUT2D eigenvalue weighted by Crippen LogP contribution is -2.35. The molecule has 2 atom stereocenters. The molecule has 110 valence electrons. The molecule has 0 heterocycles. The Morgan fingerprint density at radius 3 is 2.75 bits per heavy atom. The number of nitrogens with two attached hydrogens (primary N) is 1. The van der Waals surface area contributed by atoms with Crippen LogP contribution in [0.1, 0.15) is 36.0 Å². The molecule has 20 heavy (non-hydrogen) atoms. The van der Waals surface area contributed by atoms with Gasteiger partial charge in [0.15, 0.2) is 11.5 Å². The summed E-state index contributed by atoms with van der Waals surface area (Å²) in [6.45, 7) is 0.589. The summed E-state index contributed by atoms with van der Waals surface area (Å²) in [5, 5.41) is 9.06. The van der Waals surface area contributed by atoms with Crippen LogP contribution in [0.3, 0.4) is 0 Å². The molecule has 0 amide bonds. The second-order valence-corrected chi connectivity index (χ2v) is 5.11. The first-order chi connectivity index (χ1) is 9.65. The zero-order valence-electron chi connectivity index (χ0n) is 11.7. The SMILES string of the molecule is COc1ccc(C(=O)O)cc1OC1CCCCC1CN. The maximum Gasteiger partial charge on any atom is 0.335 e. The monoisotopic (exact) mass is 279 g/mol. The van der Waals surface area contributed by atoms with Crippen molar-refractivity contribution in [1.29, 1.82) is 0 Å². The third kappa shape index (κ3) is 3.22. The molecule has 1 saturated carbocycles. The number of methoxy groups -OCH3 is 1. The van der Waals surface area contributed by atoms with E-state index in [2.05, 4.69) is 0 Å². The topological polar surface area (TPSA) is 81.8 Å². The van der Waals surface area contributed by atoms with Crippen LogP contribution >= 0.6 is 0 Å². The maximum atomic E-state index is 11.0. The van der Waals surface area contributed by atoms with E-state index in [0.717, 1.165) is 19.3 Å². The Hall–Kier alpha value is -1.75. The van der Waals surface area contributed by atoms with Crippen molar-refractivity contribution >= 4 is 5.97 Å². The highest BCUT2D eigenvalue weighted by Crippen LogP contribution is 2.33. The van der Waals surface area contributed by atoms with Gasteiger partial charge in [0.05, 0.1) is 12.7 Å². The molecule has 1 aromatic carbocycles. The fraction of sp³-hybridized carbons (Fsp3) is 0.533. The van der Waals surface area contributed by atoms with Crippen molar-refractivity contribution in [3.05, 3.63) is 23.8 Å². The Kier molecular flexibility index (Phi) is 4.84. The van der Waals surface area contributed by atoms with Gasteiger partial charge in [0.1, 0.15) is 6.10 Å². The van der Waals surface area contributed by atoms with Crippen LogP contribution in [-0.2, 0) is 0 Å². The number of hydrogen-bond donors (Lipinski definition) is 2. The smallest absolute Gasteiger partial charge is 0.335 e. The van der Waals surface area contributed by atoms with Crippen molar-refractivity contribution in [3.63, 3.8) is 0 Å². The quantitative estimate of drug-likeness (QED) is 0.864. The lowest BCUT2D eigenvalue weighted by atomic mass is 9.86. The van der Waals surface area contributed by atoms with Gasteiger partial charge in [-0.05, 0) is 44.0 Å². The van der Waals surface area contributed by atoms with E-state index in [9.17, 15) is 4.79 Å². The van der Waals surface area contributed by atoms with E-state index in [0.29, 0.717) is 24.0 Å². The minimum atomic E-state index is -0.975. The molecule has 3 N–H and O–H groups in total. The predicted octanol–water partition coefficient (Wildman–Crippen LogP) is 2.29. The number of aromatic carboxylic acids is 1. The average Bonchev–Trinajstić information content (AvgIpc) is 2.47. The molecule has 5 nitrogen and oxygen atoms in total. The van der Waals surface area contributed by atoms with Gasteiger partial charge in [-0.3, -0.25) is 0 Å². The normalized spacial score (nSPS) is 22.3. The third-order valence-electron chi connectivity index (χ3n) is 3.83. The summed E-state index contributed by atoms with van der Waals surface area (Å²) in [5.74, 6) is 0.382. The maximum absolute atomic E-state index is 11.0. The average molecular weight is 279 g/mol. The summed E-state index contributed by atoms with van der Waals surface area (Å²) < 4.78 is 11.2. The molecule has 0 spiro atoms. The van der Waals surface area contributed by atoms with Crippen molar-refractivity contribution in [2.75, 3.05) is 13.7 Å². The summed E-state index contributed by atoms with van der Waals surface area (Å²) in [7, 11) is 1.55. The van der Waals surface area contributed by atoms with E-state index in [1.807, 2.05) is 0 Å². The van der Waals surface area contributed by atoms with E-state index in [4.69, 9.17) is 20.3 Å². The summed E-state index contributed by atoms with van der Waals surface area (Å²) >= 11 is 0. The van der Waals surface area contributed by atoms with Crippen molar-refractivity contribution in [3.8, 4) is 11.5 Å². The van der Waals surface area contributed by atoms with E-state index in [1.54, 1.807) is 13.2 Å². The van der Waals surface area contributed by atoms with Crippen LogP contribution in [0.15, 0.2) is 18.2 Å². The Morgan fingerprint density at radius 2 is 2.10 bits per heavy atom. The van der Waals surface area contributed by atoms with Crippen LogP contribution < -0.4 is 15.2 Å². The molecular formula is C15H21NO4. The van der Waals surface area contributed by atoms with Crippen molar-refractivity contribution in [2.45, 2.75) is 31.8 Å². The van der Waals surface area contributed by atoms with E-state index >= 15 is 0 Å². The summed E-state index contributed by atoms with van der Waals surface area (Å²) in [6, 6.07) is 4.65. The van der Waals surface area contributed by atoms with Gasteiger partial charge in [-0.1, -0.05) is 6.42 Å². The molecule has 1 aliphatic carbocycles. The zero-order chi connectivity index (χ0) is 14.5. The first kappa shape index (κ1) is 14.7. The molecule has 0 bridgehead atoms. The standard InChI is InChI=1S/C15H21NO4/c1-19-13-7-6-10(15(17)18)8-14(13)20-12-5-3-2-4-11(12)9-16/h6-8,11-12H,2-5,9,16H2,1H3,(H,17,18). The lowest BCUT2D eigenvalue weighted by molar-refractivity contribution is 0.0693. The minimum Gasteiger partial charge on any atom is -0.493 e. The number of carboxylic acids is 1. The number of ether oxygens (including phenoxy) is 2. The van der Waals surface area contributed by atoms with Crippen LogP contribution in [0.4, 0.5) is 0 Å². The van der Waals surface area contributed by atoms with Gasteiger partial charge in [0.25, 0.3) is 0 Å². The van der Waals surface area contributed by atoms with Gasteiger partial charge in [-0.15, -0.1) is 0 Å². The molecular weight excluding hydrogens is 258 g/mol. The second-order valence-electron chi connectivity index (χ2n) is 5.11. The Balaban J connectivity index is 2.21. The molecule has 5 heteroatoms. The van der Waals surface area contributed by atoms with Crippen LogP contribution in [0.2, 0.25) is 0 Å². The highest BCUT2D eigenvalue weighted by molar-refractivity contribution is 5.88. The molecule has 1 aliphatic rings. The highest BCUT2D eigenvalue weighted by atomic mass is 16.5. The molecule has 2 unspecified atom stereocenters. The van der Waals surface area contributed by atoms with Crippen LogP contribution in [-0.4, -0.2) is 30.8 Å². The van der Waals surface area contributed by atoms with E-state index < -0.39 is 5.97 Å². The van der Waals surface area contributed by atoms with Crippen LogP contribution in [0.25, 0.3) is 0 Å². The first-order valence-corrected chi connectivity index (χ1v) is 6.93. The lowest BCUT2D eigenvalue weighted by Gasteiger charge is -2.31. The van der Waals surface area contributed by atoms with Gasteiger partial charge < -0.3 is 20.3 Å². The van der Waals surface area contributed by atoms with Gasteiger partial charge in [-0.2, -0.15) is 0 Å². The molecule has 0 aromatic heterocycles. The molecule has 1 fully saturated rings. The summed E-state index contributed by atoms with van der Waals surface area (Å²) in [6.07, 6.45) is 4.33. The van der Waals surface area contributed by atoms with Gasteiger partial charge in [0, 0.05) is 5.92 Å². The number of carbonyl (C=O) groups is 1. The predicted molar refractivity (Wildman–Crippen MR) is 75.4 cm³/mol. The number of carboxylic acid groups (broad SMARTS) is 1. The number of benzene rings is 1. The van der Waals surface area contributed by atoms with Crippen LogP contribution in [0, 0.1) is 5.92 Å². The third-order valence-corrected chi connectivity index (χ3v) is 3.83. The second kappa shape index (κ2) is 6.61. The molecule has 0 radical (unpaired) electrons. The van der Waals surface area contributed by atoms with Gasteiger partial charge in [0.2, 0.25) is 0 Å². The fourth-order valence-electron chi connectivity index (χ4n) is 2.66. The van der Waals surface area contributed by atoms with Gasteiger partial charge in [-0.25, -0.2) is 4.79 Å². The Bertz CT molecular complexity index is 475. The summed E-state index contributed by atoms with van der Waals surface area (Å²) in [4.78, 5) is 11.0. The van der Waals surface area contributed by atoms with Crippen LogP contribution in [0.5, 0.6) is 11.5 Å². The van der Waals surface area contributed by atoms with E-state index in [1.165, 1.54) is 18.6 Å². The highest BCUT2D eigenvalue weighted by Gasteiger charge is 2.26. The van der Waals surface area contributed by atoms with Gasteiger partial charge >= 0.3 is 5.97 Å². The molecule has 2 rings (SSSR count).